The molecule has 168 valence electrons. The number of benzene rings is 3. The zero-order valence-electron chi connectivity index (χ0n) is 17.8. The lowest BCUT2D eigenvalue weighted by atomic mass is 10.2. The van der Waals surface area contributed by atoms with Crippen molar-refractivity contribution in [3.05, 3.63) is 78.1 Å². The van der Waals surface area contributed by atoms with Crippen LogP contribution >= 0.6 is 0 Å². The summed E-state index contributed by atoms with van der Waals surface area (Å²) in [5.74, 6) is -0.718. The molecule has 0 heterocycles. The number of halogens is 1. The second kappa shape index (κ2) is 9.69. The summed E-state index contributed by atoms with van der Waals surface area (Å²) in [5.41, 5.74) is 1.17. The summed E-state index contributed by atoms with van der Waals surface area (Å²) in [7, 11) is -1.34. The Morgan fingerprint density at radius 3 is 2.25 bits per heavy atom. The Morgan fingerprint density at radius 2 is 1.62 bits per heavy atom. The van der Waals surface area contributed by atoms with E-state index in [1.54, 1.807) is 30.3 Å². The number of amides is 1. The Balaban J connectivity index is 2.00. The third-order valence-corrected chi connectivity index (χ3v) is 6.47. The minimum absolute atomic E-state index is 0.0372. The number of ether oxygens (including phenoxy) is 2. The number of hydrogen-bond acceptors (Lipinski definition) is 5. The van der Waals surface area contributed by atoms with Gasteiger partial charge in [0.15, 0.2) is 11.5 Å². The van der Waals surface area contributed by atoms with Gasteiger partial charge >= 0.3 is 0 Å². The van der Waals surface area contributed by atoms with Crippen molar-refractivity contribution in [3.63, 3.8) is 0 Å². The molecular weight excluding hydrogens is 435 g/mol. The van der Waals surface area contributed by atoms with E-state index in [4.69, 9.17) is 9.47 Å². The summed E-state index contributed by atoms with van der Waals surface area (Å²) in [4.78, 5) is 12.6. The molecule has 3 rings (SSSR count). The van der Waals surface area contributed by atoms with Crippen LogP contribution in [0.2, 0.25) is 0 Å². The van der Waals surface area contributed by atoms with Gasteiger partial charge in [-0.2, -0.15) is 0 Å². The first-order chi connectivity index (χ1) is 15.3. The molecule has 0 aromatic heterocycles. The summed E-state index contributed by atoms with van der Waals surface area (Å²) >= 11 is 0. The molecule has 0 saturated carbocycles. The highest BCUT2D eigenvalue weighted by Crippen LogP contribution is 2.32. The zero-order valence-corrected chi connectivity index (χ0v) is 18.6. The lowest BCUT2D eigenvalue weighted by Crippen LogP contribution is -2.38. The van der Waals surface area contributed by atoms with Crippen molar-refractivity contribution in [1.82, 2.24) is 0 Å². The van der Waals surface area contributed by atoms with Crippen LogP contribution in [0, 0.1) is 12.7 Å². The van der Waals surface area contributed by atoms with E-state index in [0.29, 0.717) is 5.75 Å². The standard InChI is InChI=1S/C23H23FN2O5S/c1-16-8-10-17(11-9-16)26(15-23(27)25-20-7-5-4-6-19(20)24)32(28,29)18-12-13-21(30-2)22(14-18)31-3/h4-14H,15H2,1-3H3,(H,25,27). The first-order valence-corrected chi connectivity index (χ1v) is 11.1. The number of anilines is 2. The molecule has 7 nitrogen and oxygen atoms in total. The van der Waals surface area contributed by atoms with Gasteiger partial charge in [-0.15, -0.1) is 0 Å². The molecule has 1 N–H and O–H groups in total. The molecule has 0 aliphatic heterocycles. The second-order valence-corrected chi connectivity index (χ2v) is 8.75. The molecule has 32 heavy (non-hydrogen) atoms. The zero-order chi connectivity index (χ0) is 23.3. The first-order valence-electron chi connectivity index (χ1n) is 9.62. The topological polar surface area (TPSA) is 84.9 Å². The Morgan fingerprint density at radius 1 is 0.969 bits per heavy atom. The number of carbonyl (C=O) groups is 1. The van der Waals surface area contributed by atoms with Gasteiger partial charge < -0.3 is 14.8 Å². The number of para-hydroxylation sites is 1. The SMILES string of the molecule is COc1ccc(S(=O)(=O)N(CC(=O)Nc2ccccc2F)c2ccc(C)cc2)cc1OC. The van der Waals surface area contributed by atoms with E-state index in [9.17, 15) is 17.6 Å². The van der Waals surface area contributed by atoms with E-state index in [0.717, 1.165) is 9.87 Å². The molecular formula is C23H23FN2O5S. The third kappa shape index (κ3) is 5.00. The van der Waals surface area contributed by atoms with E-state index < -0.39 is 28.3 Å². The number of rotatable bonds is 8. The van der Waals surface area contributed by atoms with Crippen molar-refractivity contribution in [2.24, 2.45) is 0 Å². The van der Waals surface area contributed by atoms with Gasteiger partial charge in [0.1, 0.15) is 12.4 Å². The number of nitrogens with zero attached hydrogens (tertiary/aromatic N) is 1. The summed E-state index contributed by atoms with van der Waals surface area (Å²) in [5, 5.41) is 2.42. The highest BCUT2D eigenvalue weighted by molar-refractivity contribution is 7.92. The van der Waals surface area contributed by atoms with Gasteiger partial charge in [-0.25, -0.2) is 12.8 Å². The quantitative estimate of drug-likeness (QED) is 0.552. The maximum Gasteiger partial charge on any atom is 0.264 e. The van der Waals surface area contributed by atoms with Crippen LogP contribution in [0.15, 0.2) is 71.6 Å². The Bertz CT molecular complexity index is 1210. The monoisotopic (exact) mass is 458 g/mol. The normalized spacial score (nSPS) is 11.0. The molecule has 0 saturated heterocycles. The van der Waals surface area contributed by atoms with Crippen molar-refractivity contribution >= 4 is 27.3 Å². The lowest BCUT2D eigenvalue weighted by molar-refractivity contribution is -0.114. The van der Waals surface area contributed by atoms with E-state index >= 15 is 0 Å². The number of nitrogens with one attached hydrogen (secondary N) is 1. The van der Waals surface area contributed by atoms with Crippen molar-refractivity contribution in [2.75, 3.05) is 30.4 Å². The van der Waals surface area contributed by atoms with Crippen LogP contribution in [0.4, 0.5) is 15.8 Å². The summed E-state index contributed by atoms with van der Waals surface area (Å²) in [6.07, 6.45) is 0. The van der Waals surface area contributed by atoms with Gasteiger partial charge in [-0.1, -0.05) is 29.8 Å². The average Bonchev–Trinajstić information content (AvgIpc) is 2.79. The van der Waals surface area contributed by atoms with Crippen LogP contribution in [0.5, 0.6) is 11.5 Å². The number of sulfonamides is 1. The lowest BCUT2D eigenvalue weighted by Gasteiger charge is -2.24. The van der Waals surface area contributed by atoms with Gasteiger partial charge in [-0.05, 0) is 43.3 Å². The molecule has 3 aromatic carbocycles. The van der Waals surface area contributed by atoms with E-state index in [1.807, 2.05) is 6.92 Å². The number of hydrogen-bond donors (Lipinski definition) is 1. The van der Waals surface area contributed by atoms with E-state index in [2.05, 4.69) is 5.32 Å². The molecule has 0 aliphatic rings. The van der Waals surface area contributed by atoms with E-state index in [-0.39, 0.29) is 22.0 Å². The summed E-state index contributed by atoms with van der Waals surface area (Å²) < 4.78 is 52.3. The Labute approximate surface area is 186 Å². The van der Waals surface area contributed by atoms with Gasteiger partial charge in [0, 0.05) is 6.07 Å². The predicted octanol–water partition coefficient (Wildman–Crippen LogP) is 3.99. The smallest absolute Gasteiger partial charge is 0.264 e. The van der Waals surface area contributed by atoms with E-state index in [1.165, 1.54) is 50.6 Å². The average molecular weight is 459 g/mol. The second-order valence-electron chi connectivity index (χ2n) is 6.89. The Kier molecular flexibility index (Phi) is 6.99. The van der Waals surface area contributed by atoms with Crippen LogP contribution in [0.1, 0.15) is 5.56 Å². The fourth-order valence-electron chi connectivity index (χ4n) is 3.01. The van der Waals surface area contributed by atoms with Crippen molar-refractivity contribution < 1.29 is 27.1 Å². The van der Waals surface area contributed by atoms with Crippen LogP contribution in [0.25, 0.3) is 0 Å². The number of methoxy groups -OCH3 is 2. The maximum atomic E-state index is 13.9. The third-order valence-electron chi connectivity index (χ3n) is 4.70. The van der Waals surface area contributed by atoms with Crippen molar-refractivity contribution in [1.29, 1.82) is 0 Å². The molecule has 0 radical (unpaired) electrons. The minimum Gasteiger partial charge on any atom is -0.493 e. The van der Waals surface area contributed by atoms with Crippen LogP contribution < -0.4 is 19.1 Å². The molecule has 1 amide bonds. The molecule has 0 aliphatic carbocycles. The highest BCUT2D eigenvalue weighted by Gasteiger charge is 2.28. The maximum absolute atomic E-state index is 13.9. The molecule has 0 fully saturated rings. The summed E-state index contributed by atoms with van der Waals surface area (Å²) in [6.45, 7) is 1.30. The largest absolute Gasteiger partial charge is 0.493 e. The fourth-order valence-corrected chi connectivity index (χ4v) is 4.45. The summed E-state index contributed by atoms with van der Waals surface area (Å²) in [6, 6.07) is 16.5. The van der Waals surface area contributed by atoms with Gasteiger partial charge in [0.25, 0.3) is 10.0 Å². The molecule has 0 bridgehead atoms. The molecule has 0 spiro atoms. The highest BCUT2D eigenvalue weighted by atomic mass is 32.2. The molecule has 0 unspecified atom stereocenters. The van der Waals surface area contributed by atoms with Crippen molar-refractivity contribution in [3.8, 4) is 11.5 Å². The van der Waals surface area contributed by atoms with Crippen LogP contribution in [-0.2, 0) is 14.8 Å². The van der Waals surface area contributed by atoms with Crippen molar-refractivity contribution in [2.45, 2.75) is 11.8 Å². The van der Waals surface area contributed by atoms with Gasteiger partial charge in [0.05, 0.1) is 30.5 Å². The Hall–Kier alpha value is -3.59. The van der Waals surface area contributed by atoms with Crippen LogP contribution in [0.3, 0.4) is 0 Å². The van der Waals surface area contributed by atoms with Gasteiger partial charge in [-0.3, -0.25) is 9.10 Å². The van der Waals surface area contributed by atoms with Gasteiger partial charge in [0.2, 0.25) is 5.91 Å². The fraction of sp³-hybridized carbons (Fsp3) is 0.174. The first kappa shape index (κ1) is 23.1. The molecule has 0 atom stereocenters. The minimum atomic E-state index is -4.18. The number of carbonyl (C=O) groups excluding carboxylic acids is 1. The molecule has 9 heteroatoms. The predicted molar refractivity (Wildman–Crippen MR) is 120 cm³/mol. The number of aryl methyl sites for hydroxylation is 1. The molecule has 3 aromatic rings. The van der Waals surface area contributed by atoms with Crippen LogP contribution in [-0.4, -0.2) is 35.1 Å².